The Kier molecular flexibility index (Phi) is 8.13. The quantitative estimate of drug-likeness (QED) is 0.274. The van der Waals surface area contributed by atoms with Gasteiger partial charge in [0.15, 0.2) is 0 Å². The lowest BCUT2D eigenvalue weighted by atomic mass is 10.1. The standard InChI is InChI=1S/C28H29N3O6S/c1-19-4-10-23(11-5-19)28-29-26(21(3)37-28)18-36-25-14-8-22(9-15-25)16-31(17-27(32)33)38(34,35)30-24-12-6-20(2)7-13-24/h4-15,30H,16-18H2,1-3H3,(H,32,33). The summed E-state index contributed by atoms with van der Waals surface area (Å²) in [5.41, 5.74) is 4.63. The van der Waals surface area contributed by atoms with E-state index in [2.05, 4.69) is 9.71 Å². The van der Waals surface area contributed by atoms with E-state index in [1.54, 1.807) is 48.5 Å². The highest BCUT2D eigenvalue weighted by atomic mass is 32.2. The molecule has 0 saturated carbocycles. The van der Waals surface area contributed by atoms with Crippen LogP contribution in [-0.4, -0.2) is 35.3 Å². The molecule has 0 spiro atoms. The molecule has 2 N–H and O–H groups in total. The van der Waals surface area contributed by atoms with Gasteiger partial charge < -0.3 is 14.3 Å². The SMILES string of the molecule is Cc1ccc(NS(=O)(=O)N(CC(=O)O)Cc2ccc(OCc3nc(-c4ccc(C)cc4)oc3C)cc2)cc1. The van der Waals surface area contributed by atoms with E-state index in [0.717, 1.165) is 21.0 Å². The number of carboxylic acid groups (broad SMARTS) is 1. The van der Waals surface area contributed by atoms with E-state index in [1.807, 2.05) is 45.0 Å². The predicted octanol–water partition coefficient (Wildman–Crippen LogP) is 5.09. The molecule has 0 aliphatic carbocycles. The first kappa shape index (κ1) is 26.9. The number of nitrogens with zero attached hydrogens (tertiary/aromatic N) is 2. The van der Waals surface area contributed by atoms with Gasteiger partial charge in [-0.15, -0.1) is 0 Å². The number of aromatic nitrogens is 1. The summed E-state index contributed by atoms with van der Waals surface area (Å²) in [6, 6.07) is 21.5. The number of oxazole rings is 1. The van der Waals surface area contributed by atoms with E-state index in [4.69, 9.17) is 9.15 Å². The molecule has 3 aromatic carbocycles. The van der Waals surface area contributed by atoms with Crippen LogP contribution in [0.15, 0.2) is 77.2 Å². The molecule has 0 radical (unpaired) electrons. The first-order chi connectivity index (χ1) is 18.1. The van der Waals surface area contributed by atoms with Crippen LogP contribution in [-0.2, 0) is 28.2 Å². The molecule has 0 unspecified atom stereocenters. The fourth-order valence-corrected chi connectivity index (χ4v) is 4.80. The van der Waals surface area contributed by atoms with Crippen LogP contribution in [0.3, 0.4) is 0 Å². The van der Waals surface area contributed by atoms with E-state index < -0.39 is 22.7 Å². The Bertz CT molecular complexity index is 1500. The molecule has 0 bridgehead atoms. The van der Waals surface area contributed by atoms with Gasteiger partial charge in [-0.05, 0) is 62.7 Å². The number of carbonyl (C=O) groups is 1. The molecular weight excluding hydrogens is 506 g/mol. The Morgan fingerprint density at radius 2 is 1.55 bits per heavy atom. The number of nitrogens with one attached hydrogen (secondary N) is 1. The Balaban J connectivity index is 1.41. The number of ether oxygens (including phenoxy) is 1. The van der Waals surface area contributed by atoms with Crippen LogP contribution in [0.25, 0.3) is 11.5 Å². The maximum absolute atomic E-state index is 12.9. The summed E-state index contributed by atoms with van der Waals surface area (Å²) in [5, 5.41) is 9.29. The van der Waals surface area contributed by atoms with Gasteiger partial charge in [0.05, 0.1) is 0 Å². The fourth-order valence-electron chi connectivity index (χ4n) is 3.64. The number of benzene rings is 3. The topological polar surface area (TPSA) is 122 Å². The van der Waals surface area contributed by atoms with Crippen molar-refractivity contribution >= 4 is 21.9 Å². The van der Waals surface area contributed by atoms with Gasteiger partial charge >= 0.3 is 16.2 Å². The lowest BCUT2D eigenvalue weighted by Crippen LogP contribution is -2.39. The van der Waals surface area contributed by atoms with Crippen molar-refractivity contribution in [2.75, 3.05) is 11.3 Å². The monoisotopic (exact) mass is 535 g/mol. The highest BCUT2D eigenvalue weighted by Gasteiger charge is 2.25. The van der Waals surface area contributed by atoms with Crippen LogP contribution < -0.4 is 9.46 Å². The van der Waals surface area contributed by atoms with E-state index in [1.165, 1.54) is 0 Å². The van der Waals surface area contributed by atoms with Crippen molar-refractivity contribution in [2.45, 2.75) is 33.9 Å². The summed E-state index contributed by atoms with van der Waals surface area (Å²) in [5.74, 6) is 0.480. The van der Waals surface area contributed by atoms with Crippen LogP contribution in [0.1, 0.15) is 28.1 Å². The molecule has 38 heavy (non-hydrogen) atoms. The average molecular weight is 536 g/mol. The zero-order chi connectivity index (χ0) is 27.3. The van der Waals surface area contributed by atoms with Gasteiger partial charge in [0.2, 0.25) is 5.89 Å². The molecule has 0 aliphatic rings. The molecule has 0 fully saturated rings. The van der Waals surface area contributed by atoms with Gasteiger partial charge in [-0.2, -0.15) is 12.7 Å². The van der Waals surface area contributed by atoms with Gasteiger partial charge in [0, 0.05) is 17.8 Å². The summed E-state index contributed by atoms with van der Waals surface area (Å²) in [7, 11) is -4.11. The van der Waals surface area contributed by atoms with Crippen molar-refractivity contribution in [3.8, 4) is 17.2 Å². The predicted molar refractivity (Wildman–Crippen MR) is 144 cm³/mol. The number of carboxylic acids is 1. The number of aliphatic carboxylic acids is 1. The number of rotatable bonds is 11. The molecule has 1 aromatic heterocycles. The zero-order valence-corrected chi connectivity index (χ0v) is 22.2. The Morgan fingerprint density at radius 1 is 0.947 bits per heavy atom. The van der Waals surface area contributed by atoms with Crippen molar-refractivity contribution in [1.29, 1.82) is 0 Å². The molecule has 9 nitrogen and oxygen atoms in total. The van der Waals surface area contributed by atoms with Gasteiger partial charge in [-0.1, -0.05) is 47.5 Å². The molecule has 0 atom stereocenters. The smallest absolute Gasteiger partial charge is 0.318 e. The van der Waals surface area contributed by atoms with Crippen molar-refractivity contribution in [2.24, 2.45) is 0 Å². The van der Waals surface area contributed by atoms with Gasteiger partial charge in [0.25, 0.3) is 0 Å². The number of hydrogen-bond donors (Lipinski definition) is 2. The van der Waals surface area contributed by atoms with Crippen LogP contribution in [0.2, 0.25) is 0 Å². The van der Waals surface area contributed by atoms with Crippen molar-refractivity contribution in [3.63, 3.8) is 0 Å². The maximum atomic E-state index is 12.9. The minimum Gasteiger partial charge on any atom is -0.487 e. The second kappa shape index (κ2) is 11.5. The molecule has 0 amide bonds. The molecule has 0 aliphatic heterocycles. The van der Waals surface area contributed by atoms with Crippen molar-refractivity contribution < 1.29 is 27.5 Å². The second-order valence-electron chi connectivity index (χ2n) is 8.96. The third-order valence-electron chi connectivity index (χ3n) is 5.80. The van der Waals surface area contributed by atoms with Crippen LogP contribution in [0, 0.1) is 20.8 Å². The van der Waals surface area contributed by atoms with Crippen molar-refractivity contribution in [3.05, 3.63) is 101 Å². The summed E-state index contributed by atoms with van der Waals surface area (Å²) < 4.78 is 40.8. The fraction of sp³-hybridized carbons (Fsp3) is 0.214. The van der Waals surface area contributed by atoms with E-state index in [-0.39, 0.29) is 13.2 Å². The number of aryl methyl sites for hydroxylation is 3. The minimum absolute atomic E-state index is 0.129. The van der Waals surface area contributed by atoms with Gasteiger partial charge in [-0.25, -0.2) is 4.98 Å². The van der Waals surface area contributed by atoms with Crippen LogP contribution in [0.4, 0.5) is 5.69 Å². The molecule has 0 saturated heterocycles. The van der Waals surface area contributed by atoms with Crippen molar-refractivity contribution in [1.82, 2.24) is 9.29 Å². The van der Waals surface area contributed by atoms with Gasteiger partial charge in [-0.3, -0.25) is 9.52 Å². The summed E-state index contributed by atoms with van der Waals surface area (Å²) in [6.45, 7) is 5.11. The minimum atomic E-state index is -4.11. The summed E-state index contributed by atoms with van der Waals surface area (Å²) in [4.78, 5) is 15.9. The van der Waals surface area contributed by atoms with Crippen LogP contribution in [0.5, 0.6) is 5.75 Å². The molecule has 4 aromatic rings. The summed E-state index contributed by atoms with van der Waals surface area (Å²) >= 11 is 0. The van der Waals surface area contributed by atoms with Gasteiger partial charge in [0.1, 0.15) is 30.4 Å². The average Bonchev–Trinajstić information content (AvgIpc) is 3.25. The maximum Gasteiger partial charge on any atom is 0.318 e. The highest BCUT2D eigenvalue weighted by Crippen LogP contribution is 2.24. The Morgan fingerprint density at radius 3 is 2.16 bits per heavy atom. The number of hydrogen-bond acceptors (Lipinski definition) is 6. The Hall–Kier alpha value is -4.15. The normalized spacial score (nSPS) is 11.5. The van der Waals surface area contributed by atoms with E-state index in [0.29, 0.717) is 34.3 Å². The van der Waals surface area contributed by atoms with Crippen LogP contribution >= 0.6 is 0 Å². The molecule has 4 rings (SSSR count). The largest absolute Gasteiger partial charge is 0.487 e. The number of anilines is 1. The molecular formula is C28H29N3O6S. The van der Waals surface area contributed by atoms with E-state index >= 15 is 0 Å². The molecule has 10 heteroatoms. The molecule has 1 heterocycles. The lowest BCUT2D eigenvalue weighted by molar-refractivity contribution is -0.137. The van der Waals surface area contributed by atoms with E-state index in [9.17, 15) is 18.3 Å². The third-order valence-corrected chi connectivity index (χ3v) is 7.23. The lowest BCUT2D eigenvalue weighted by Gasteiger charge is -2.21. The Labute approximate surface area is 221 Å². The first-order valence-electron chi connectivity index (χ1n) is 11.9. The highest BCUT2D eigenvalue weighted by molar-refractivity contribution is 7.90. The first-order valence-corrected chi connectivity index (χ1v) is 13.3. The second-order valence-corrected chi connectivity index (χ2v) is 10.6. The summed E-state index contributed by atoms with van der Waals surface area (Å²) in [6.07, 6.45) is 0. The zero-order valence-electron chi connectivity index (χ0n) is 21.3. The molecule has 198 valence electrons. The third kappa shape index (κ3) is 6.99.